The molecule has 3 rings (SSSR count). The van der Waals surface area contributed by atoms with Crippen molar-refractivity contribution in [2.24, 2.45) is 7.05 Å². The normalized spacial score (nSPS) is 20.4. The van der Waals surface area contributed by atoms with Gasteiger partial charge < -0.3 is 4.74 Å². The SMILES string of the molecule is Cn1c(Cl)nc2c(cnn2C2CCCCO2)c1=O. The molecule has 7 heteroatoms. The van der Waals surface area contributed by atoms with Crippen molar-refractivity contribution in [1.29, 1.82) is 0 Å². The van der Waals surface area contributed by atoms with Gasteiger partial charge in [-0.15, -0.1) is 0 Å². The van der Waals surface area contributed by atoms with Crippen LogP contribution in [0, 0.1) is 0 Å². The van der Waals surface area contributed by atoms with Crippen molar-refractivity contribution >= 4 is 22.6 Å². The summed E-state index contributed by atoms with van der Waals surface area (Å²) in [5.74, 6) is 0. The molecule has 1 aliphatic rings. The molecule has 1 atom stereocenters. The third-order valence-electron chi connectivity index (χ3n) is 3.21. The minimum atomic E-state index is -0.188. The minimum absolute atomic E-state index is 0.146. The molecular weight excluding hydrogens is 256 g/mol. The van der Waals surface area contributed by atoms with Gasteiger partial charge in [0.1, 0.15) is 5.39 Å². The van der Waals surface area contributed by atoms with E-state index >= 15 is 0 Å². The van der Waals surface area contributed by atoms with Crippen LogP contribution in [0.3, 0.4) is 0 Å². The van der Waals surface area contributed by atoms with E-state index in [2.05, 4.69) is 10.1 Å². The maximum Gasteiger partial charge on any atom is 0.265 e. The molecule has 0 radical (unpaired) electrons. The Hall–Kier alpha value is -1.40. The van der Waals surface area contributed by atoms with Crippen LogP contribution >= 0.6 is 11.6 Å². The Bertz CT molecular complexity index is 642. The van der Waals surface area contributed by atoms with Crippen LogP contribution in [-0.2, 0) is 11.8 Å². The molecule has 0 saturated carbocycles. The fraction of sp³-hybridized carbons (Fsp3) is 0.545. The van der Waals surface area contributed by atoms with Gasteiger partial charge in [-0.3, -0.25) is 9.36 Å². The molecule has 0 N–H and O–H groups in total. The molecule has 0 spiro atoms. The zero-order valence-corrected chi connectivity index (χ0v) is 10.7. The van der Waals surface area contributed by atoms with Crippen LogP contribution in [0.2, 0.25) is 5.28 Å². The molecule has 0 aromatic carbocycles. The Morgan fingerprint density at radius 2 is 2.33 bits per heavy atom. The molecule has 6 nitrogen and oxygen atoms in total. The van der Waals surface area contributed by atoms with Crippen molar-refractivity contribution in [3.8, 4) is 0 Å². The Morgan fingerprint density at radius 3 is 3.06 bits per heavy atom. The van der Waals surface area contributed by atoms with Crippen LogP contribution < -0.4 is 5.56 Å². The van der Waals surface area contributed by atoms with E-state index in [1.807, 2.05) is 0 Å². The van der Waals surface area contributed by atoms with Crippen molar-refractivity contribution in [2.75, 3.05) is 6.61 Å². The largest absolute Gasteiger partial charge is 0.356 e. The van der Waals surface area contributed by atoms with E-state index in [0.717, 1.165) is 19.3 Å². The molecule has 1 unspecified atom stereocenters. The van der Waals surface area contributed by atoms with Crippen molar-refractivity contribution in [3.05, 3.63) is 21.8 Å². The zero-order chi connectivity index (χ0) is 12.7. The van der Waals surface area contributed by atoms with Crippen molar-refractivity contribution in [3.63, 3.8) is 0 Å². The Morgan fingerprint density at radius 1 is 1.50 bits per heavy atom. The van der Waals surface area contributed by atoms with Gasteiger partial charge in [0.15, 0.2) is 11.9 Å². The molecule has 0 bridgehead atoms. The van der Waals surface area contributed by atoms with Gasteiger partial charge in [-0.05, 0) is 30.9 Å². The predicted molar refractivity (Wildman–Crippen MR) is 66.6 cm³/mol. The monoisotopic (exact) mass is 268 g/mol. The number of fused-ring (bicyclic) bond motifs is 1. The first-order valence-corrected chi connectivity index (χ1v) is 6.27. The third-order valence-corrected chi connectivity index (χ3v) is 3.55. The number of aromatic nitrogens is 4. The van der Waals surface area contributed by atoms with Gasteiger partial charge in [0.05, 0.1) is 6.20 Å². The van der Waals surface area contributed by atoms with Crippen molar-refractivity contribution < 1.29 is 4.74 Å². The summed E-state index contributed by atoms with van der Waals surface area (Å²) in [5.41, 5.74) is 0.307. The molecule has 2 aromatic rings. The molecule has 2 aromatic heterocycles. The van der Waals surface area contributed by atoms with Gasteiger partial charge in [0.25, 0.3) is 5.56 Å². The smallest absolute Gasteiger partial charge is 0.265 e. The molecule has 1 fully saturated rings. The molecule has 1 aliphatic heterocycles. The molecular formula is C11H13ClN4O2. The van der Waals surface area contributed by atoms with E-state index in [1.54, 1.807) is 11.7 Å². The van der Waals surface area contributed by atoms with E-state index in [9.17, 15) is 4.79 Å². The molecule has 0 amide bonds. The highest BCUT2D eigenvalue weighted by Crippen LogP contribution is 2.24. The van der Waals surface area contributed by atoms with Crippen LogP contribution in [0.25, 0.3) is 11.0 Å². The van der Waals surface area contributed by atoms with Crippen LogP contribution in [0.1, 0.15) is 25.5 Å². The highest BCUT2D eigenvalue weighted by atomic mass is 35.5. The number of hydrogen-bond donors (Lipinski definition) is 0. The van der Waals surface area contributed by atoms with Gasteiger partial charge in [-0.1, -0.05) is 0 Å². The summed E-state index contributed by atoms with van der Waals surface area (Å²) in [6, 6.07) is 0. The lowest BCUT2D eigenvalue weighted by Gasteiger charge is -2.22. The summed E-state index contributed by atoms with van der Waals surface area (Å²) in [5, 5.41) is 4.85. The lowest BCUT2D eigenvalue weighted by Crippen LogP contribution is -2.22. The van der Waals surface area contributed by atoms with Crippen LogP contribution in [-0.4, -0.2) is 25.9 Å². The van der Waals surface area contributed by atoms with E-state index in [1.165, 1.54) is 10.8 Å². The number of ether oxygens (including phenoxy) is 1. The van der Waals surface area contributed by atoms with Crippen LogP contribution in [0.4, 0.5) is 0 Å². The summed E-state index contributed by atoms with van der Waals surface area (Å²) < 4.78 is 8.61. The first-order valence-electron chi connectivity index (χ1n) is 5.90. The van der Waals surface area contributed by atoms with Gasteiger partial charge in [-0.2, -0.15) is 10.1 Å². The molecule has 1 saturated heterocycles. The second kappa shape index (κ2) is 4.37. The number of halogens is 1. The summed E-state index contributed by atoms with van der Waals surface area (Å²) in [6.07, 6.45) is 4.41. The first-order chi connectivity index (χ1) is 8.68. The van der Waals surface area contributed by atoms with E-state index in [0.29, 0.717) is 17.6 Å². The minimum Gasteiger partial charge on any atom is -0.356 e. The average Bonchev–Trinajstić information content (AvgIpc) is 2.81. The molecule has 3 heterocycles. The number of nitrogens with zero attached hydrogens (tertiary/aromatic N) is 4. The maximum absolute atomic E-state index is 12.0. The van der Waals surface area contributed by atoms with Gasteiger partial charge in [0, 0.05) is 13.7 Å². The van der Waals surface area contributed by atoms with Crippen molar-refractivity contribution in [2.45, 2.75) is 25.5 Å². The topological polar surface area (TPSA) is 61.9 Å². The molecule has 18 heavy (non-hydrogen) atoms. The molecule has 96 valence electrons. The Kier molecular flexibility index (Phi) is 2.83. The fourth-order valence-corrected chi connectivity index (χ4v) is 2.33. The van der Waals surface area contributed by atoms with Crippen molar-refractivity contribution in [1.82, 2.24) is 19.3 Å². The predicted octanol–water partition coefficient (Wildman–Crippen LogP) is 1.48. The maximum atomic E-state index is 12.0. The van der Waals surface area contributed by atoms with Gasteiger partial charge in [-0.25, -0.2) is 4.68 Å². The zero-order valence-electron chi connectivity index (χ0n) is 9.97. The molecule has 0 aliphatic carbocycles. The van der Waals surface area contributed by atoms with Gasteiger partial charge >= 0.3 is 0 Å². The Balaban J connectivity index is 2.17. The number of rotatable bonds is 1. The standard InChI is InChI=1S/C11H13ClN4O2/c1-15-10(17)7-6-13-16(9(7)14-11(15)12)8-4-2-3-5-18-8/h6,8H,2-5H2,1H3. The summed E-state index contributed by atoms with van der Waals surface area (Å²) in [6.45, 7) is 0.713. The quantitative estimate of drug-likeness (QED) is 0.735. The lowest BCUT2D eigenvalue weighted by molar-refractivity contribution is -0.0370. The second-order valence-corrected chi connectivity index (χ2v) is 4.73. The third kappa shape index (κ3) is 1.72. The summed E-state index contributed by atoms with van der Waals surface area (Å²) in [4.78, 5) is 16.2. The Labute approximate surface area is 108 Å². The average molecular weight is 269 g/mol. The second-order valence-electron chi connectivity index (χ2n) is 4.39. The van der Waals surface area contributed by atoms with Gasteiger partial charge in [0.2, 0.25) is 5.28 Å². The van der Waals surface area contributed by atoms with E-state index < -0.39 is 0 Å². The summed E-state index contributed by atoms with van der Waals surface area (Å²) in [7, 11) is 1.59. The highest BCUT2D eigenvalue weighted by molar-refractivity contribution is 6.28. The summed E-state index contributed by atoms with van der Waals surface area (Å²) >= 11 is 5.93. The fourth-order valence-electron chi connectivity index (χ4n) is 2.17. The van der Waals surface area contributed by atoms with E-state index in [-0.39, 0.29) is 17.1 Å². The van der Waals surface area contributed by atoms with Crippen LogP contribution in [0.5, 0.6) is 0 Å². The first kappa shape index (κ1) is 11.7. The van der Waals surface area contributed by atoms with Crippen LogP contribution in [0.15, 0.2) is 11.0 Å². The highest BCUT2D eigenvalue weighted by Gasteiger charge is 2.21. The number of hydrogen-bond acceptors (Lipinski definition) is 4. The van der Waals surface area contributed by atoms with E-state index in [4.69, 9.17) is 16.3 Å². The lowest BCUT2D eigenvalue weighted by atomic mass is 10.2.